The van der Waals surface area contributed by atoms with Crippen LogP contribution in [0.5, 0.6) is 0 Å². The van der Waals surface area contributed by atoms with Crippen molar-refractivity contribution in [3.63, 3.8) is 0 Å². The molecule has 0 fully saturated rings. The molecule has 3 N–H and O–H groups in total. The van der Waals surface area contributed by atoms with Crippen LogP contribution in [0.2, 0.25) is 0 Å². The van der Waals surface area contributed by atoms with E-state index in [1.165, 1.54) is 128 Å². The van der Waals surface area contributed by atoms with E-state index >= 15 is 0 Å². The Bertz CT molecular complexity index is 1150. The maximum absolute atomic E-state index is 13.2. The zero-order chi connectivity index (χ0) is 45.2. The quantitative estimate of drug-likeness (QED) is 0.0322. The lowest BCUT2D eigenvalue weighted by atomic mass is 10.0. The molecule has 1 amide bonds. The van der Waals surface area contributed by atoms with E-state index in [9.17, 15) is 19.8 Å². The molecule has 6 nitrogen and oxygen atoms in total. The molecule has 0 aliphatic carbocycles. The Kier molecular flexibility index (Phi) is 47.2. The highest BCUT2D eigenvalue weighted by Gasteiger charge is 2.24. The summed E-state index contributed by atoms with van der Waals surface area (Å²) in [7, 11) is 0. The Morgan fingerprint density at radius 1 is 0.484 bits per heavy atom. The Morgan fingerprint density at radius 2 is 0.871 bits per heavy atom. The Morgan fingerprint density at radius 3 is 1.31 bits per heavy atom. The van der Waals surface area contributed by atoms with E-state index in [1.54, 1.807) is 0 Å². The number of aliphatic hydroxyl groups is 2. The molecule has 3 unspecified atom stereocenters. The summed E-state index contributed by atoms with van der Waals surface area (Å²) in [6.07, 6.45) is 62.4. The van der Waals surface area contributed by atoms with Crippen LogP contribution in [0.4, 0.5) is 0 Å². The molecule has 358 valence electrons. The fourth-order valence-corrected chi connectivity index (χ4v) is 7.76. The average Bonchev–Trinajstić information content (AvgIpc) is 3.26. The third-order valence-corrected chi connectivity index (χ3v) is 11.7. The number of rotatable bonds is 46. The molecule has 3 atom stereocenters. The van der Waals surface area contributed by atoms with E-state index in [0.29, 0.717) is 19.3 Å². The van der Waals surface area contributed by atoms with Crippen molar-refractivity contribution in [2.45, 2.75) is 264 Å². The molecule has 0 aromatic heterocycles. The van der Waals surface area contributed by atoms with Crippen LogP contribution in [0.15, 0.2) is 72.9 Å². The number of carbonyl (C=O) groups excluding carboxylic acids is 2. The van der Waals surface area contributed by atoms with Crippen molar-refractivity contribution in [1.82, 2.24) is 5.32 Å². The van der Waals surface area contributed by atoms with Gasteiger partial charge in [0, 0.05) is 6.42 Å². The van der Waals surface area contributed by atoms with Crippen molar-refractivity contribution < 1.29 is 24.5 Å². The number of unbranched alkanes of at least 4 members (excludes halogenated alkanes) is 27. The number of hydrogen-bond donors (Lipinski definition) is 3. The Labute approximate surface area is 383 Å². The predicted molar refractivity (Wildman–Crippen MR) is 268 cm³/mol. The number of amides is 1. The van der Waals surface area contributed by atoms with Crippen LogP contribution in [-0.4, -0.2) is 46.9 Å². The molecule has 62 heavy (non-hydrogen) atoms. The fraction of sp³-hybridized carbons (Fsp3) is 0.750. The van der Waals surface area contributed by atoms with Crippen molar-refractivity contribution in [3.05, 3.63) is 72.9 Å². The first kappa shape index (κ1) is 59.3. The van der Waals surface area contributed by atoms with Gasteiger partial charge in [-0.2, -0.15) is 0 Å². The number of hydrogen-bond acceptors (Lipinski definition) is 5. The molecule has 0 saturated heterocycles. The minimum atomic E-state index is -0.797. The van der Waals surface area contributed by atoms with Crippen LogP contribution >= 0.6 is 0 Å². The van der Waals surface area contributed by atoms with E-state index in [0.717, 1.165) is 70.6 Å². The van der Waals surface area contributed by atoms with E-state index in [2.05, 4.69) is 50.4 Å². The number of ether oxygens (including phenoxy) is 1. The zero-order valence-corrected chi connectivity index (χ0v) is 40.7. The molecule has 0 aliphatic heterocycles. The largest absolute Gasteiger partial charge is 0.462 e. The van der Waals surface area contributed by atoms with E-state index in [-0.39, 0.29) is 24.9 Å². The van der Waals surface area contributed by atoms with Crippen molar-refractivity contribution >= 4 is 11.9 Å². The first-order valence-corrected chi connectivity index (χ1v) is 26.2. The van der Waals surface area contributed by atoms with Crippen molar-refractivity contribution in [2.24, 2.45) is 0 Å². The summed E-state index contributed by atoms with van der Waals surface area (Å²) in [4.78, 5) is 26.1. The predicted octanol–water partition coefficient (Wildman–Crippen LogP) is 15.8. The topological polar surface area (TPSA) is 95.9 Å². The van der Waals surface area contributed by atoms with E-state index in [1.807, 2.05) is 48.6 Å². The van der Waals surface area contributed by atoms with Gasteiger partial charge < -0.3 is 20.3 Å². The van der Waals surface area contributed by atoms with Gasteiger partial charge in [0.1, 0.15) is 6.10 Å². The summed E-state index contributed by atoms with van der Waals surface area (Å²) in [5.41, 5.74) is 0. The van der Waals surface area contributed by atoms with Gasteiger partial charge in [0.05, 0.1) is 25.2 Å². The maximum Gasteiger partial charge on any atom is 0.306 e. The molecule has 0 rings (SSSR count). The normalized spacial score (nSPS) is 13.8. The van der Waals surface area contributed by atoms with Crippen LogP contribution in [-0.2, 0) is 14.3 Å². The molecule has 0 saturated carbocycles. The minimum absolute atomic E-state index is 0.0587. The number of allylic oxidation sites excluding steroid dienone is 12. The van der Waals surface area contributed by atoms with Gasteiger partial charge in [0.2, 0.25) is 5.91 Å². The number of nitrogens with one attached hydrogen (secondary N) is 1. The number of esters is 1. The van der Waals surface area contributed by atoms with Crippen molar-refractivity contribution in [1.29, 1.82) is 0 Å². The minimum Gasteiger partial charge on any atom is -0.462 e. The maximum atomic E-state index is 13.2. The second-order valence-electron chi connectivity index (χ2n) is 17.7. The highest BCUT2D eigenvalue weighted by Crippen LogP contribution is 2.18. The van der Waals surface area contributed by atoms with Crippen LogP contribution in [0.3, 0.4) is 0 Å². The first-order chi connectivity index (χ1) is 30.5. The summed E-state index contributed by atoms with van der Waals surface area (Å²) in [5, 5.41) is 23.8. The zero-order valence-electron chi connectivity index (χ0n) is 40.7. The summed E-state index contributed by atoms with van der Waals surface area (Å²) in [6, 6.07) is -0.712. The average molecular weight is 866 g/mol. The lowest BCUT2D eigenvalue weighted by Gasteiger charge is -2.24. The monoisotopic (exact) mass is 866 g/mol. The molecular weight excluding hydrogens is 767 g/mol. The summed E-state index contributed by atoms with van der Waals surface area (Å²) in [6.45, 7) is 6.33. The second kappa shape index (κ2) is 49.3. The summed E-state index contributed by atoms with van der Waals surface area (Å²) < 4.78 is 5.91. The van der Waals surface area contributed by atoms with Crippen LogP contribution in [0.1, 0.15) is 245 Å². The Balaban J connectivity index is 4.60. The Hall–Kier alpha value is -2.70. The van der Waals surface area contributed by atoms with Gasteiger partial charge in [-0.1, -0.05) is 261 Å². The third-order valence-electron chi connectivity index (χ3n) is 11.7. The summed E-state index contributed by atoms with van der Waals surface area (Å²) >= 11 is 0. The molecule has 0 aromatic rings. The lowest BCUT2D eigenvalue weighted by Crippen LogP contribution is -2.46. The smallest absolute Gasteiger partial charge is 0.306 e. The van der Waals surface area contributed by atoms with Crippen molar-refractivity contribution in [3.8, 4) is 0 Å². The fourth-order valence-electron chi connectivity index (χ4n) is 7.76. The number of aliphatic hydroxyl groups excluding tert-OH is 2. The van der Waals surface area contributed by atoms with Crippen LogP contribution in [0.25, 0.3) is 0 Å². The molecule has 0 heterocycles. The van der Waals surface area contributed by atoms with Gasteiger partial charge >= 0.3 is 5.97 Å². The molecule has 0 bridgehead atoms. The van der Waals surface area contributed by atoms with Crippen molar-refractivity contribution in [2.75, 3.05) is 6.61 Å². The van der Waals surface area contributed by atoms with Gasteiger partial charge in [0.15, 0.2) is 0 Å². The second-order valence-corrected chi connectivity index (χ2v) is 17.7. The first-order valence-electron chi connectivity index (χ1n) is 26.2. The highest BCUT2D eigenvalue weighted by molar-refractivity contribution is 5.77. The SMILES string of the molecule is CC\C=C/C=C/C=C/C=C\C=C\C=C\CCCCCC(=O)OC(CCCCCCCCCCCCC)CC(=O)NC(CO)C(O)CCCCCCCCCCCCCCCCC. The molecule has 0 spiro atoms. The summed E-state index contributed by atoms with van der Waals surface area (Å²) in [5.74, 6) is -0.522. The standard InChI is InChI=1S/C56H99NO5/c1-4-7-10-13-16-19-22-24-26-27-29-31-34-37-40-43-46-49-56(61)62-52(47-44-41-38-35-32-21-18-15-12-9-6-3)50-55(60)57-53(51-58)54(59)48-45-42-39-36-33-30-28-25-23-20-17-14-11-8-5-2/h7,10,13,16,19,22,24,26-27,29,31,34,52-54,58-59H,4-6,8-9,11-12,14-15,17-18,20-21,23,25,28,30,32-33,35-51H2,1-3H3,(H,57,60)/b10-7-,16-13+,22-19+,26-24-,29-27+,34-31+. The van der Waals surface area contributed by atoms with Gasteiger partial charge in [-0.05, 0) is 44.9 Å². The number of carbonyl (C=O) groups is 2. The lowest BCUT2D eigenvalue weighted by molar-refractivity contribution is -0.151. The molecule has 0 aromatic carbocycles. The van der Waals surface area contributed by atoms with Gasteiger partial charge in [-0.3, -0.25) is 9.59 Å². The molecular formula is C56H99NO5. The highest BCUT2D eigenvalue weighted by atomic mass is 16.5. The van der Waals surface area contributed by atoms with Crippen LogP contribution < -0.4 is 5.32 Å². The van der Waals surface area contributed by atoms with Gasteiger partial charge in [0.25, 0.3) is 0 Å². The van der Waals surface area contributed by atoms with E-state index < -0.39 is 18.2 Å². The van der Waals surface area contributed by atoms with Gasteiger partial charge in [-0.25, -0.2) is 0 Å². The molecule has 6 heteroatoms. The molecule has 0 aliphatic rings. The van der Waals surface area contributed by atoms with E-state index in [4.69, 9.17) is 4.74 Å². The van der Waals surface area contributed by atoms with Crippen LogP contribution in [0, 0.1) is 0 Å². The third kappa shape index (κ3) is 43.9. The molecule has 0 radical (unpaired) electrons. The van der Waals surface area contributed by atoms with Gasteiger partial charge in [-0.15, -0.1) is 0 Å².